The maximum absolute atomic E-state index is 10.6. The third-order valence-electron chi connectivity index (χ3n) is 5.54. The summed E-state index contributed by atoms with van der Waals surface area (Å²) >= 11 is 1.82. The molecule has 1 aromatic carbocycles. The van der Waals surface area contributed by atoms with Crippen LogP contribution in [0.1, 0.15) is 102 Å². The molecule has 0 amide bonds. The fraction of sp³-hybridized carbons (Fsp3) is 0.692. The molecule has 0 aliphatic heterocycles. The summed E-state index contributed by atoms with van der Waals surface area (Å²) in [5.74, 6) is -0.407. The van der Waals surface area contributed by atoms with E-state index in [-0.39, 0.29) is 6.42 Å². The molecule has 0 saturated heterocycles. The number of hydrogen-bond acceptors (Lipinski definition) is 4. The molecule has 5 nitrogen and oxygen atoms in total. The minimum atomic E-state index is -0.715. The number of carboxylic acids is 2. The molecule has 0 heterocycles. The number of carboxylic acid groups (broad SMARTS) is 2. The summed E-state index contributed by atoms with van der Waals surface area (Å²) in [7, 11) is 0. The molecule has 1 aromatic rings. The Morgan fingerprint density at radius 1 is 0.844 bits per heavy atom. The topological polar surface area (TPSA) is 83.8 Å². The Morgan fingerprint density at radius 2 is 1.38 bits per heavy atom. The van der Waals surface area contributed by atoms with Crippen LogP contribution in [-0.4, -0.2) is 34.0 Å². The van der Waals surface area contributed by atoms with Crippen molar-refractivity contribution in [1.29, 1.82) is 0 Å². The Bertz CT molecular complexity index is 662. The number of para-hydroxylation sites is 1. The molecular formula is C26H42O5S. The van der Waals surface area contributed by atoms with Gasteiger partial charge in [-0.25, -0.2) is 0 Å². The molecule has 32 heavy (non-hydrogen) atoms. The van der Waals surface area contributed by atoms with Crippen molar-refractivity contribution in [3.63, 3.8) is 0 Å². The smallest absolute Gasteiger partial charge is 0.303 e. The SMILES string of the molecule is Cc1cccc(SC(C)CCCCC(=O)O)c1OCCCCCCCCCCCC(=O)O. The van der Waals surface area contributed by atoms with Crippen LogP contribution in [0.4, 0.5) is 0 Å². The second kappa shape index (κ2) is 17.8. The van der Waals surface area contributed by atoms with Crippen LogP contribution in [0, 0.1) is 6.92 Å². The first-order valence-corrected chi connectivity index (χ1v) is 13.1. The summed E-state index contributed by atoms with van der Waals surface area (Å²) in [6.45, 7) is 5.03. The molecule has 182 valence electrons. The normalized spacial score (nSPS) is 11.9. The van der Waals surface area contributed by atoms with Crippen LogP contribution in [0.5, 0.6) is 5.75 Å². The van der Waals surface area contributed by atoms with Gasteiger partial charge in [-0.15, -0.1) is 11.8 Å². The Balaban J connectivity index is 2.19. The maximum Gasteiger partial charge on any atom is 0.303 e. The average molecular weight is 467 g/mol. The van der Waals surface area contributed by atoms with Gasteiger partial charge in [-0.2, -0.15) is 0 Å². The van der Waals surface area contributed by atoms with Crippen LogP contribution in [0.3, 0.4) is 0 Å². The molecule has 1 atom stereocenters. The molecule has 1 unspecified atom stereocenters. The number of benzene rings is 1. The predicted molar refractivity (Wildman–Crippen MR) is 132 cm³/mol. The Hall–Kier alpha value is -1.69. The quantitative estimate of drug-likeness (QED) is 0.153. The van der Waals surface area contributed by atoms with Crippen LogP contribution in [0.15, 0.2) is 23.1 Å². The van der Waals surface area contributed by atoms with E-state index >= 15 is 0 Å². The van der Waals surface area contributed by atoms with Gasteiger partial charge in [-0.05, 0) is 44.2 Å². The summed E-state index contributed by atoms with van der Waals surface area (Å²) < 4.78 is 6.17. The van der Waals surface area contributed by atoms with Crippen molar-refractivity contribution in [1.82, 2.24) is 0 Å². The van der Waals surface area contributed by atoms with E-state index in [1.807, 2.05) is 11.8 Å². The van der Waals surface area contributed by atoms with Crippen molar-refractivity contribution in [3.8, 4) is 5.75 Å². The first-order chi connectivity index (χ1) is 15.4. The largest absolute Gasteiger partial charge is 0.492 e. The maximum atomic E-state index is 10.6. The summed E-state index contributed by atoms with van der Waals surface area (Å²) in [4.78, 5) is 22.3. The second-order valence-corrected chi connectivity index (χ2v) is 10.1. The number of rotatable bonds is 20. The average Bonchev–Trinajstić information content (AvgIpc) is 2.73. The monoisotopic (exact) mass is 466 g/mol. The van der Waals surface area contributed by atoms with Crippen LogP contribution < -0.4 is 4.74 Å². The number of aryl methyl sites for hydroxylation is 1. The third-order valence-corrected chi connectivity index (χ3v) is 6.75. The summed E-state index contributed by atoms with van der Waals surface area (Å²) in [5.41, 5.74) is 1.16. The number of unbranched alkanes of at least 4 members (excludes halogenated alkanes) is 9. The fourth-order valence-electron chi connectivity index (χ4n) is 3.68. The Kier molecular flexibility index (Phi) is 15.8. The van der Waals surface area contributed by atoms with Crippen molar-refractivity contribution in [2.75, 3.05) is 6.61 Å². The molecule has 1 rings (SSSR count). The Morgan fingerprint density at radius 3 is 1.97 bits per heavy atom. The zero-order chi connectivity index (χ0) is 23.6. The van der Waals surface area contributed by atoms with E-state index in [0.717, 1.165) is 62.9 Å². The molecule has 0 aliphatic rings. The first-order valence-electron chi connectivity index (χ1n) is 12.2. The zero-order valence-electron chi connectivity index (χ0n) is 19.9. The van der Waals surface area contributed by atoms with Crippen molar-refractivity contribution in [2.45, 2.75) is 114 Å². The van der Waals surface area contributed by atoms with Crippen molar-refractivity contribution in [2.24, 2.45) is 0 Å². The number of ether oxygens (including phenoxy) is 1. The third kappa shape index (κ3) is 14.4. The highest BCUT2D eigenvalue weighted by molar-refractivity contribution is 8.00. The van der Waals surface area contributed by atoms with Gasteiger partial charge in [0.15, 0.2) is 0 Å². The fourth-order valence-corrected chi connectivity index (χ4v) is 4.88. The van der Waals surface area contributed by atoms with Crippen LogP contribution in [-0.2, 0) is 9.59 Å². The van der Waals surface area contributed by atoms with E-state index < -0.39 is 11.9 Å². The highest BCUT2D eigenvalue weighted by Gasteiger charge is 2.12. The molecule has 2 N–H and O–H groups in total. The first kappa shape index (κ1) is 28.3. The number of hydrogen-bond donors (Lipinski definition) is 2. The number of aliphatic carboxylic acids is 2. The van der Waals surface area contributed by atoms with E-state index in [1.54, 1.807) is 0 Å². The second-order valence-electron chi connectivity index (χ2n) is 8.64. The minimum absolute atomic E-state index is 0.253. The molecule has 0 saturated carbocycles. The molecule has 0 radical (unpaired) electrons. The van der Waals surface area contributed by atoms with Gasteiger partial charge in [0.05, 0.1) is 6.61 Å². The van der Waals surface area contributed by atoms with E-state index in [4.69, 9.17) is 14.9 Å². The van der Waals surface area contributed by atoms with Gasteiger partial charge in [0.2, 0.25) is 0 Å². The van der Waals surface area contributed by atoms with Crippen LogP contribution in [0.2, 0.25) is 0 Å². The van der Waals surface area contributed by atoms with Gasteiger partial charge in [-0.1, -0.05) is 70.4 Å². The minimum Gasteiger partial charge on any atom is -0.492 e. The predicted octanol–water partition coefficient (Wildman–Crippen LogP) is 7.49. The number of thioether (sulfide) groups is 1. The summed E-state index contributed by atoms with van der Waals surface area (Å²) in [6, 6.07) is 6.29. The molecule has 0 fully saturated rings. The summed E-state index contributed by atoms with van der Waals surface area (Å²) in [5, 5.41) is 17.8. The van der Waals surface area contributed by atoms with E-state index in [2.05, 4.69) is 32.0 Å². The van der Waals surface area contributed by atoms with Crippen LogP contribution in [0.25, 0.3) is 0 Å². The van der Waals surface area contributed by atoms with Gasteiger partial charge < -0.3 is 14.9 Å². The lowest BCUT2D eigenvalue weighted by molar-refractivity contribution is -0.138. The van der Waals surface area contributed by atoms with Crippen molar-refractivity contribution in [3.05, 3.63) is 23.8 Å². The molecule has 0 aromatic heterocycles. The Labute approximate surface area is 198 Å². The zero-order valence-corrected chi connectivity index (χ0v) is 20.8. The number of carbonyl (C=O) groups is 2. The van der Waals surface area contributed by atoms with Crippen LogP contribution >= 0.6 is 11.8 Å². The molecule has 0 spiro atoms. The van der Waals surface area contributed by atoms with Gasteiger partial charge in [0, 0.05) is 23.0 Å². The van der Waals surface area contributed by atoms with E-state index in [0.29, 0.717) is 11.7 Å². The highest BCUT2D eigenvalue weighted by Crippen LogP contribution is 2.36. The van der Waals surface area contributed by atoms with Gasteiger partial charge in [0.1, 0.15) is 5.75 Å². The van der Waals surface area contributed by atoms with Gasteiger partial charge >= 0.3 is 11.9 Å². The van der Waals surface area contributed by atoms with Gasteiger partial charge in [-0.3, -0.25) is 9.59 Å². The lowest BCUT2D eigenvalue weighted by Crippen LogP contribution is -2.03. The van der Waals surface area contributed by atoms with Gasteiger partial charge in [0.25, 0.3) is 0 Å². The standard InChI is InChI=1S/C26H42O5S/c1-21-15-14-17-23(32-22(2)16-11-12-19-25(29)30)26(21)31-20-13-9-7-5-3-4-6-8-10-18-24(27)28/h14-15,17,22H,3-13,16,18-20H2,1-2H3,(H,27,28)(H,29,30). The van der Waals surface area contributed by atoms with Crippen molar-refractivity contribution >= 4 is 23.7 Å². The summed E-state index contributed by atoms with van der Waals surface area (Å²) in [6.07, 6.45) is 13.3. The lowest BCUT2D eigenvalue weighted by atomic mass is 10.1. The molecule has 0 bridgehead atoms. The highest BCUT2D eigenvalue weighted by atomic mass is 32.2. The van der Waals surface area contributed by atoms with E-state index in [1.165, 1.54) is 37.0 Å². The lowest BCUT2D eigenvalue weighted by Gasteiger charge is -2.17. The molecule has 6 heteroatoms. The molecule has 0 aliphatic carbocycles. The van der Waals surface area contributed by atoms with E-state index in [9.17, 15) is 9.59 Å². The molecular weight excluding hydrogens is 424 g/mol. The van der Waals surface area contributed by atoms with Crippen molar-refractivity contribution < 1.29 is 24.5 Å².